The fourth-order valence-electron chi connectivity index (χ4n) is 2.28. The number of ether oxygens (including phenoxy) is 2. The van der Waals surface area contributed by atoms with E-state index < -0.39 is 0 Å². The van der Waals surface area contributed by atoms with Crippen LogP contribution < -0.4 is 10.1 Å². The zero-order valence-corrected chi connectivity index (χ0v) is 11.7. The van der Waals surface area contributed by atoms with Gasteiger partial charge in [0.25, 0.3) is 5.91 Å². The SMILES string of the molecule is O=C(COc1ccccc1)NCC1CN(C2CC2)C(=O)O1. The van der Waals surface area contributed by atoms with Crippen LogP contribution in [0.4, 0.5) is 4.79 Å². The lowest BCUT2D eigenvalue weighted by Gasteiger charge is -2.11. The molecule has 0 radical (unpaired) electrons. The molecule has 1 atom stereocenters. The van der Waals surface area contributed by atoms with E-state index in [2.05, 4.69) is 5.32 Å². The summed E-state index contributed by atoms with van der Waals surface area (Å²) >= 11 is 0. The van der Waals surface area contributed by atoms with Gasteiger partial charge in [0.2, 0.25) is 0 Å². The Morgan fingerprint density at radius 1 is 1.33 bits per heavy atom. The highest BCUT2D eigenvalue weighted by atomic mass is 16.6. The van der Waals surface area contributed by atoms with Gasteiger partial charge in [0.1, 0.15) is 11.9 Å². The lowest BCUT2D eigenvalue weighted by Crippen LogP contribution is -2.37. The van der Waals surface area contributed by atoms with Crippen LogP contribution in [0.5, 0.6) is 5.75 Å². The highest BCUT2D eigenvalue weighted by Gasteiger charge is 2.40. The maximum absolute atomic E-state index is 11.7. The van der Waals surface area contributed by atoms with Crippen molar-refractivity contribution < 1.29 is 19.1 Å². The quantitative estimate of drug-likeness (QED) is 0.854. The standard InChI is InChI=1S/C15H18N2O4/c18-14(10-20-12-4-2-1-3-5-12)16-8-13-9-17(11-6-7-11)15(19)21-13/h1-5,11,13H,6-10H2,(H,16,18). The fourth-order valence-corrected chi connectivity index (χ4v) is 2.28. The normalized spacial score (nSPS) is 21.0. The molecule has 1 N–H and O–H groups in total. The van der Waals surface area contributed by atoms with Crippen LogP contribution in [0.15, 0.2) is 30.3 Å². The molecule has 1 unspecified atom stereocenters. The molecule has 112 valence electrons. The molecule has 0 bridgehead atoms. The van der Waals surface area contributed by atoms with Gasteiger partial charge in [0.15, 0.2) is 6.61 Å². The number of rotatable bonds is 6. The van der Waals surface area contributed by atoms with E-state index >= 15 is 0 Å². The Hall–Kier alpha value is -2.24. The summed E-state index contributed by atoms with van der Waals surface area (Å²) < 4.78 is 10.6. The van der Waals surface area contributed by atoms with E-state index in [1.54, 1.807) is 17.0 Å². The number of cyclic esters (lactones) is 1. The number of carbonyl (C=O) groups excluding carboxylic acids is 2. The van der Waals surface area contributed by atoms with Crippen LogP contribution in [0, 0.1) is 0 Å². The molecule has 1 heterocycles. The monoisotopic (exact) mass is 290 g/mol. The Morgan fingerprint density at radius 2 is 2.10 bits per heavy atom. The van der Waals surface area contributed by atoms with Gasteiger partial charge in [-0.1, -0.05) is 18.2 Å². The Balaban J connectivity index is 1.37. The molecular formula is C15H18N2O4. The van der Waals surface area contributed by atoms with Gasteiger partial charge < -0.3 is 19.7 Å². The molecule has 1 saturated heterocycles. The molecule has 6 nitrogen and oxygen atoms in total. The number of hydrogen-bond donors (Lipinski definition) is 1. The van der Waals surface area contributed by atoms with Crippen molar-refractivity contribution in [2.24, 2.45) is 0 Å². The van der Waals surface area contributed by atoms with Crippen LogP contribution in [-0.2, 0) is 9.53 Å². The first-order valence-electron chi connectivity index (χ1n) is 7.14. The number of benzene rings is 1. The van der Waals surface area contributed by atoms with Gasteiger partial charge in [-0.3, -0.25) is 4.79 Å². The molecule has 2 amide bonds. The van der Waals surface area contributed by atoms with E-state index in [-0.39, 0.29) is 24.7 Å². The number of amides is 2. The number of nitrogens with one attached hydrogen (secondary N) is 1. The van der Waals surface area contributed by atoms with Crippen LogP contribution in [0.3, 0.4) is 0 Å². The molecule has 1 saturated carbocycles. The Bertz CT molecular complexity index is 516. The smallest absolute Gasteiger partial charge is 0.410 e. The maximum atomic E-state index is 11.7. The minimum absolute atomic E-state index is 0.0446. The summed E-state index contributed by atoms with van der Waals surface area (Å²) in [6, 6.07) is 9.50. The van der Waals surface area contributed by atoms with Crippen LogP contribution in [0.25, 0.3) is 0 Å². The molecule has 0 spiro atoms. The second-order valence-corrected chi connectivity index (χ2v) is 5.30. The van der Waals surface area contributed by atoms with Crippen LogP contribution >= 0.6 is 0 Å². The highest BCUT2D eigenvalue weighted by molar-refractivity contribution is 5.77. The second kappa shape index (κ2) is 6.03. The Morgan fingerprint density at radius 3 is 2.81 bits per heavy atom. The minimum atomic E-state index is -0.266. The number of para-hydroxylation sites is 1. The first kappa shape index (κ1) is 13.7. The van der Waals surface area contributed by atoms with Gasteiger partial charge in [0.05, 0.1) is 13.1 Å². The Kier molecular flexibility index (Phi) is 3.94. The van der Waals surface area contributed by atoms with Crippen molar-refractivity contribution in [1.29, 1.82) is 0 Å². The van der Waals surface area contributed by atoms with Gasteiger partial charge in [-0.05, 0) is 25.0 Å². The summed E-state index contributed by atoms with van der Waals surface area (Å²) in [5.41, 5.74) is 0. The van der Waals surface area contributed by atoms with Gasteiger partial charge in [-0.15, -0.1) is 0 Å². The summed E-state index contributed by atoms with van der Waals surface area (Å²) in [6.45, 7) is 0.840. The predicted molar refractivity (Wildman–Crippen MR) is 74.9 cm³/mol. The Labute approximate surface area is 123 Å². The molecule has 6 heteroatoms. The van der Waals surface area contributed by atoms with Crippen molar-refractivity contribution in [2.75, 3.05) is 19.7 Å². The molecule has 2 fully saturated rings. The average Bonchev–Trinajstić information content (AvgIpc) is 3.27. The fraction of sp³-hybridized carbons (Fsp3) is 0.467. The van der Waals surface area contributed by atoms with Crippen LogP contribution in [-0.4, -0.2) is 48.7 Å². The zero-order valence-electron chi connectivity index (χ0n) is 11.7. The van der Waals surface area contributed by atoms with E-state index in [0.29, 0.717) is 24.9 Å². The van der Waals surface area contributed by atoms with Crippen molar-refractivity contribution in [3.63, 3.8) is 0 Å². The van der Waals surface area contributed by atoms with Crippen molar-refractivity contribution in [3.05, 3.63) is 30.3 Å². The first-order chi connectivity index (χ1) is 10.2. The van der Waals surface area contributed by atoms with Gasteiger partial charge in [0, 0.05) is 6.04 Å². The molecule has 2 aliphatic rings. The van der Waals surface area contributed by atoms with E-state index in [9.17, 15) is 9.59 Å². The molecular weight excluding hydrogens is 272 g/mol. The lowest BCUT2D eigenvalue weighted by atomic mass is 10.3. The highest BCUT2D eigenvalue weighted by Crippen LogP contribution is 2.30. The summed E-state index contributed by atoms with van der Waals surface area (Å²) in [5, 5.41) is 2.73. The van der Waals surface area contributed by atoms with E-state index in [4.69, 9.17) is 9.47 Å². The summed E-state index contributed by atoms with van der Waals surface area (Å²) in [5.74, 6) is 0.430. The molecule has 1 aliphatic heterocycles. The van der Waals surface area contributed by atoms with Crippen molar-refractivity contribution in [1.82, 2.24) is 10.2 Å². The molecule has 21 heavy (non-hydrogen) atoms. The molecule has 1 aliphatic carbocycles. The van der Waals surface area contributed by atoms with Crippen molar-refractivity contribution in [3.8, 4) is 5.75 Å². The molecule has 1 aromatic carbocycles. The topological polar surface area (TPSA) is 67.9 Å². The lowest BCUT2D eigenvalue weighted by molar-refractivity contribution is -0.123. The third-order valence-corrected chi connectivity index (χ3v) is 3.53. The van der Waals surface area contributed by atoms with E-state index in [1.807, 2.05) is 18.2 Å². The summed E-state index contributed by atoms with van der Waals surface area (Å²) in [7, 11) is 0. The number of nitrogens with zero attached hydrogens (tertiary/aromatic N) is 1. The molecule has 0 aromatic heterocycles. The zero-order chi connectivity index (χ0) is 14.7. The number of hydrogen-bond acceptors (Lipinski definition) is 4. The van der Waals surface area contributed by atoms with Gasteiger partial charge >= 0.3 is 6.09 Å². The molecule has 1 aromatic rings. The van der Waals surface area contributed by atoms with E-state index in [0.717, 1.165) is 12.8 Å². The first-order valence-corrected chi connectivity index (χ1v) is 7.14. The third kappa shape index (κ3) is 3.65. The van der Waals surface area contributed by atoms with Crippen LogP contribution in [0.2, 0.25) is 0 Å². The van der Waals surface area contributed by atoms with Crippen LogP contribution in [0.1, 0.15) is 12.8 Å². The molecule has 3 rings (SSSR count). The second-order valence-electron chi connectivity index (χ2n) is 5.30. The minimum Gasteiger partial charge on any atom is -0.484 e. The largest absolute Gasteiger partial charge is 0.484 e. The summed E-state index contributed by atoms with van der Waals surface area (Å²) in [4.78, 5) is 25.0. The average molecular weight is 290 g/mol. The maximum Gasteiger partial charge on any atom is 0.410 e. The van der Waals surface area contributed by atoms with Gasteiger partial charge in [-0.2, -0.15) is 0 Å². The van der Waals surface area contributed by atoms with Crippen molar-refractivity contribution in [2.45, 2.75) is 25.0 Å². The summed E-state index contributed by atoms with van der Waals surface area (Å²) in [6.07, 6.45) is 1.58. The predicted octanol–water partition coefficient (Wildman–Crippen LogP) is 1.16. The third-order valence-electron chi connectivity index (χ3n) is 3.53. The van der Waals surface area contributed by atoms with Gasteiger partial charge in [-0.25, -0.2) is 4.79 Å². The number of carbonyl (C=O) groups is 2. The van der Waals surface area contributed by atoms with E-state index in [1.165, 1.54) is 0 Å². The van der Waals surface area contributed by atoms with Crippen molar-refractivity contribution >= 4 is 12.0 Å².